The van der Waals surface area contributed by atoms with Gasteiger partial charge in [0.15, 0.2) is 5.96 Å². The van der Waals surface area contributed by atoms with Crippen molar-refractivity contribution < 1.29 is 39.3 Å². The molecule has 0 aromatic carbocycles. The molecule has 0 aromatic heterocycles. The minimum absolute atomic E-state index is 0.0209. The van der Waals surface area contributed by atoms with E-state index in [-0.39, 0.29) is 31.8 Å². The number of carbonyl (C=O) groups is 5. The molecule has 5 unspecified atom stereocenters. The molecule has 33 heavy (non-hydrogen) atoms. The summed E-state index contributed by atoms with van der Waals surface area (Å²) in [5, 5.41) is 34.4. The average molecular weight is 476 g/mol. The largest absolute Gasteiger partial charge is 0.481 e. The Morgan fingerprint density at radius 1 is 0.879 bits per heavy atom. The molecule has 0 radical (unpaired) electrons. The van der Waals surface area contributed by atoms with Crippen molar-refractivity contribution in [2.75, 3.05) is 6.54 Å². The van der Waals surface area contributed by atoms with Crippen LogP contribution in [0.5, 0.6) is 0 Å². The second kappa shape index (κ2) is 14.6. The van der Waals surface area contributed by atoms with Gasteiger partial charge in [0.05, 0.1) is 6.10 Å². The molecule has 0 aliphatic rings. The number of aliphatic carboxylic acids is 2. The summed E-state index contributed by atoms with van der Waals surface area (Å²) in [6.07, 6.45) is -1.72. The Kier molecular flexibility index (Phi) is 13.0. The van der Waals surface area contributed by atoms with Gasteiger partial charge in [0.2, 0.25) is 17.7 Å². The van der Waals surface area contributed by atoms with Crippen molar-refractivity contribution in [1.29, 1.82) is 0 Å². The molecule has 0 aliphatic carbocycles. The highest BCUT2D eigenvalue weighted by Gasteiger charge is 2.29. The Morgan fingerprint density at radius 3 is 1.94 bits per heavy atom. The molecule has 15 nitrogen and oxygen atoms in total. The molecule has 0 aromatic rings. The lowest BCUT2D eigenvalue weighted by atomic mass is 10.1. The van der Waals surface area contributed by atoms with Gasteiger partial charge < -0.3 is 48.5 Å². The van der Waals surface area contributed by atoms with Crippen LogP contribution >= 0.6 is 0 Å². The molecule has 0 heterocycles. The fourth-order valence-electron chi connectivity index (χ4n) is 2.46. The fraction of sp³-hybridized carbons (Fsp3) is 0.667. The maximum atomic E-state index is 12.5. The highest BCUT2D eigenvalue weighted by Crippen LogP contribution is 2.03. The van der Waals surface area contributed by atoms with Crippen molar-refractivity contribution in [1.82, 2.24) is 16.0 Å². The van der Waals surface area contributed by atoms with Crippen LogP contribution in [-0.4, -0.2) is 87.8 Å². The zero-order valence-electron chi connectivity index (χ0n) is 18.5. The first kappa shape index (κ1) is 29.5. The summed E-state index contributed by atoms with van der Waals surface area (Å²) in [4.78, 5) is 62.9. The predicted octanol–water partition coefficient (Wildman–Crippen LogP) is -3.83. The molecular formula is C18H33N7O8. The molecule has 0 spiro atoms. The Morgan fingerprint density at radius 2 is 1.45 bits per heavy atom. The highest BCUT2D eigenvalue weighted by molar-refractivity contribution is 5.94. The topological polar surface area (TPSA) is 273 Å². The van der Waals surface area contributed by atoms with Crippen LogP contribution in [0.3, 0.4) is 0 Å². The summed E-state index contributed by atoms with van der Waals surface area (Å²) >= 11 is 0. The van der Waals surface area contributed by atoms with Crippen molar-refractivity contribution >= 4 is 35.6 Å². The van der Waals surface area contributed by atoms with Crippen molar-refractivity contribution in [3.8, 4) is 0 Å². The molecule has 0 bridgehead atoms. The van der Waals surface area contributed by atoms with Crippen LogP contribution in [0.2, 0.25) is 0 Å². The van der Waals surface area contributed by atoms with Crippen molar-refractivity contribution in [2.24, 2.45) is 22.2 Å². The van der Waals surface area contributed by atoms with Crippen LogP contribution in [0.15, 0.2) is 4.99 Å². The van der Waals surface area contributed by atoms with E-state index in [4.69, 9.17) is 22.3 Å². The third kappa shape index (κ3) is 12.2. The third-order valence-corrected chi connectivity index (χ3v) is 4.41. The van der Waals surface area contributed by atoms with E-state index in [1.54, 1.807) is 0 Å². The van der Waals surface area contributed by atoms with E-state index in [0.29, 0.717) is 0 Å². The number of aliphatic hydroxyl groups is 1. The minimum Gasteiger partial charge on any atom is -0.481 e. The molecule has 0 saturated heterocycles. The van der Waals surface area contributed by atoms with Gasteiger partial charge in [0.1, 0.15) is 24.2 Å². The van der Waals surface area contributed by atoms with Crippen molar-refractivity contribution in [3.05, 3.63) is 0 Å². The molecular weight excluding hydrogens is 442 g/mol. The van der Waals surface area contributed by atoms with E-state index in [1.807, 2.05) is 0 Å². The van der Waals surface area contributed by atoms with E-state index in [9.17, 15) is 34.2 Å². The van der Waals surface area contributed by atoms with E-state index in [0.717, 1.165) is 0 Å². The van der Waals surface area contributed by atoms with E-state index in [2.05, 4.69) is 20.9 Å². The first-order chi connectivity index (χ1) is 15.3. The Hall–Kier alpha value is -3.46. The quantitative estimate of drug-likeness (QED) is 0.0628. The molecule has 0 fully saturated rings. The van der Waals surface area contributed by atoms with Crippen LogP contribution in [0.25, 0.3) is 0 Å². The number of amides is 3. The minimum atomic E-state index is -1.36. The number of nitrogens with one attached hydrogen (secondary N) is 3. The number of carboxylic acid groups (broad SMARTS) is 2. The van der Waals surface area contributed by atoms with E-state index >= 15 is 0 Å². The second-order valence-corrected chi connectivity index (χ2v) is 7.34. The standard InChI is InChI=1S/C18H33N7O8/c1-8(14(29)25-11(17(32)33)4-3-7-22-18(20)21)23-15(30)10(5-6-12(27)28)24-16(31)13(19)9(2)26/h8-11,13,26H,3-7,19H2,1-2H3,(H,23,30)(H,24,31)(H,25,29)(H,27,28)(H,32,33)(H4,20,21,22). The van der Waals surface area contributed by atoms with Crippen LogP contribution in [0.4, 0.5) is 0 Å². The van der Waals surface area contributed by atoms with Crippen LogP contribution in [0.1, 0.15) is 39.5 Å². The second-order valence-electron chi connectivity index (χ2n) is 7.34. The lowest BCUT2D eigenvalue weighted by molar-refractivity contribution is -0.142. The van der Waals surface area contributed by atoms with Crippen molar-refractivity contribution in [3.63, 3.8) is 0 Å². The molecule has 5 atom stereocenters. The Bertz CT molecular complexity index is 739. The molecule has 0 saturated carbocycles. The normalized spacial score (nSPS) is 15.2. The van der Waals surface area contributed by atoms with E-state index in [1.165, 1.54) is 13.8 Å². The maximum absolute atomic E-state index is 12.5. The predicted molar refractivity (Wildman–Crippen MR) is 116 cm³/mol. The van der Waals surface area contributed by atoms with Gasteiger partial charge >= 0.3 is 11.9 Å². The third-order valence-electron chi connectivity index (χ3n) is 4.41. The zero-order chi connectivity index (χ0) is 25.7. The number of rotatable bonds is 15. The highest BCUT2D eigenvalue weighted by atomic mass is 16.4. The molecule has 0 aliphatic heterocycles. The molecule has 15 heteroatoms. The van der Waals surface area contributed by atoms with Gasteiger partial charge in [-0.25, -0.2) is 4.79 Å². The zero-order valence-corrected chi connectivity index (χ0v) is 18.5. The van der Waals surface area contributed by atoms with Gasteiger partial charge in [-0.1, -0.05) is 0 Å². The summed E-state index contributed by atoms with van der Waals surface area (Å²) in [6.45, 7) is 2.70. The molecule has 188 valence electrons. The number of aliphatic imine (C=N–C) groups is 1. The smallest absolute Gasteiger partial charge is 0.326 e. The number of hydrogen-bond donors (Lipinski definition) is 9. The number of hydrogen-bond acceptors (Lipinski definition) is 8. The Labute approximate surface area is 190 Å². The first-order valence-corrected chi connectivity index (χ1v) is 10.1. The van der Waals surface area contributed by atoms with E-state index < -0.39 is 66.4 Å². The SMILES string of the molecule is CC(NC(=O)C(CCC(=O)O)NC(=O)C(N)C(C)O)C(=O)NC(CCCN=C(N)N)C(=O)O. The summed E-state index contributed by atoms with van der Waals surface area (Å²) < 4.78 is 0. The fourth-order valence-corrected chi connectivity index (χ4v) is 2.46. The van der Waals surface area contributed by atoms with Gasteiger partial charge in [-0.15, -0.1) is 0 Å². The monoisotopic (exact) mass is 475 g/mol. The molecule has 3 amide bonds. The van der Waals surface area contributed by atoms with Crippen LogP contribution in [-0.2, 0) is 24.0 Å². The lowest BCUT2D eigenvalue weighted by Crippen LogP contribution is -2.57. The maximum Gasteiger partial charge on any atom is 0.326 e. The summed E-state index contributed by atoms with van der Waals surface area (Å²) in [6, 6.07) is -5.20. The average Bonchev–Trinajstić information content (AvgIpc) is 2.71. The van der Waals surface area contributed by atoms with Crippen molar-refractivity contribution in [2.45, 2.75) is 69.8 Å². The van der Waals surface area contributed by atoms with Gasteiger partial charge in [0.25, 0.3) is 0 Å². The number of carboxylic acids is 2. The van der Waals surface area contributed by atoms with Crippen LogP contribution in [0, 0.1) is 0 Å². The number of nitrogens with zero attached hydrogens (tertiary/aromatic N) is 1. The van der Waals surface area contributed by atoms with Gasteiger partial charge in [-0.3, -0.25) is 24.2 Å². The Balaban J connectivity index is 5.07. The number of aliphatic hydroxyl groups excluding tert-OH is 1. The lowest BCUT2D eigenvalue weighted by Gasteiger charge is -2.23. The number of carbonyl (C=O) groups excluding carboxylic acids is 3. The summed E-state index contributed by atoms with van der Waals surface area (Å²) in [5.41, 5.74) is 15.9. The van der Waals surface area contributed by atoms with Gasteiger partial charge in [-0.05, 0) is 33.1 Å². The van der Waals surface area contributed by atoms with Gasteiger partial charge in [0, 0.05) is 13.0 Å². The summed E-state index contributed by atoms with van der Waals surface area (Å²) in [5.74, 6) is -5.27. The summed E-state index contributed by atoms with van der Waals surface area (Å²) in [7, 11) is 0. The van der Waals surface area contributed by atoms with Gasteiger partial charge in [-0.2, -0.15) is 0 Å². The number of guanidine groups is 1. The molecule has 12 N–H and O–H groups in total. The first-order valence-electron chi connectivity index (χ1n) is 10.1. The molecule has 0 rings (SSSR count). The number of nitrogens with two attached hydrogens (primary N) is 3. The van der Waals surface area contributed by atoms with Crippen LogP contribution < -0.4 is 33.2 Å².